The molecular formula is C21H17FN2O4. The van der Waals surface area contributed by atoms with E-state index < -0.39 is 17.2 Å². The van der Waals surface area contributed by atoms with Crippen LogP contribution in [0.5, 0.6) is 0 Å². The van der Waals surface area contributed by atoms with Gasteiger partial charge in [0.1, 0.15) is 5.82 Å². The largest absolute Gasteiger partial charge is 0.481 e. The first kappa shape index (κ1) is 18.0. The summed E-state index contributed by atoms with van der Waals surface area (Å²) in [6, 6.07) is 11.8. The molecule has 0 saturated carbocycles. The summed E-state index contributed by atoms with van der Waals surface area (Å²) in [6.07, 6.45) is 0.596. The van der Waals surface area contributed by atoms with Gasteiger partial charge in [-0.15, -0.1) is 0 Å². The summed E-state index contributed by atoms with van der Waals surface area (Å²) in [6.45, 7) is 0.502. The summed E-state index contributed by atoms with van der Waals surface area (Å²) in [4.78, 5) is 31.4. The average molecular weight is 380 g/mol. The second-order valence-electron chi connectivity index (χ2n) is 6.79. The topological polar surface area (TPSA) is 89.4 Å². The van der Waals surface area contributed by atoms with Crippen LogP contribution in [-0.4, -0.2) is 34.1 Å². The lowest BCUT2D eigenvalue weighted by Gasteiger charge is -2.30. The molecule has 1 aliphatic rings. The lowest BCUT2D eigenvalue weighted by Crippen LogP contribution is -2.29. The zero-order valence-corrected chi connectivity index (χ0v) is 14.9. The Kier molecular flexibility index (Phi) is 4.50. The SMILES string of the molecule is O=COCCC1(CCC(=O)O)c2ccccc2-c2nc3cc(F)ccc3nc21. The van der Waals surface area contributed by atoms with Gasteiger partial charge in [-0.3, -0.25) is 9.59 Å². The molecule has 4 rings (SSSR count). The number of carboxylic acids is 1. The van der Waals surface area contributed by atoms with E-state index >= 15 is 0 Å². The molecule has 1 N–H and O–H groups in total. The van der Waals surface area contributed by atoms with Crippen LogP contribution in [0.1, 0.15) is 30.5 Å². The molecule has 7 heteroatoms. The number of fused-ring (bicyclic) bond motifs is 4. The highest BCUT2D eigenvalue weighted by atomic mass is 19.1. The summed E-state index contributed by atoms with van der Waals surface area (Å²) in [5.74, 6) is -1.32. The van der Waals surface area contributed by atoms with Gasteiger partial charge in [0.2, 0.25) is 0 Å². The fourth-order valence-electron chi connectivity index (χ4n) is 4.02. The Morgan fingerprint density at radius 1 is 1.14 bits per heavy atom. The van der Waals surface area contributed by atoms with Gasteiger partial charge in [-0.05, 0) is 30.5 Å². The second kappa shape index (κ2) is 6.99. The summed E-state index contributed by atoms with van der Waals surface area (Å²) in [5, 5.41) is 9.29. The summed E-state index contributed by atoms with van der Waals surface area (Å²) < 4.78 is 18.6. The molecule has 28 heavy (non-hydrogen) atoms. The Morgan fingerprint density at radius 3 is 2.75 bits per heavy atom. The lowest BCUT2D eigenvalue weighted by atomic mass is 9.74. The van der Waals surface area contributed by atoms with Crippen LogP contribution >= 0.6 is 0 Å². The highest BCUT2D eigenvalue weighted by Crippen LogP contribution is 2.52. The van der Waals surface area contributed by atoms with Crippen LogP contribution < -0.4 is 0 Å². The maximum Gasteiger partial charge on any atom is 0.303 e. The number of carbonyl (C=O) groups is 2. The molecule has 6 nitrogen and oxygen atoms in total. The Bertz CT molecular complexity index is 1090. The van der Waals surface area contributed by atoms with E-state index in [1.54, 1.807) is 6.07 Å². The molecule has 0 saturated heterocycles. The maximum atomic E-state index is 13.7. The third-order valence-electron chi connectivity index (χ3n) is 5.26. The molecule has 1 atom stereocenters. The molecule has 1 aromatic heterocycles. The van der Waals surface area contributed by atoms with Gasteiger partial charge in [0.05, 0.1) is 29.0 Å². The zero-order valence-electron chi connectivity index (χ0n) is 14.9. The molecule has 0 amide bonds. The highest BCUT2D eigenvalue weighted by Gasteiger charge is 2.45. The fourth-order valence-corrected chi connectivity index (χ4v) is 4.02. The summed E-state index contributed by atoms with van der Waals surface area (Å²) in [5.41, 5.74) is 3.22. The van der Waals surface area contributed by atoms with Crippen molar-refractivity contribution in [2.75, 3.05) is 6.61 Å². The van der Waals surface area contributed by atoms with Gasteiger partial charge in [0.25, 0.3) is 6.47 Å². The van der Waals surface area contributed by atoms with Crippen LogP contribution in [0.4, 0.5) is 4.39 Å². The van der Waals surface area contributed by atoms with Gasteiger partial charge in [0.15, 0.2) is 0 Å². The number of halogens is 1. The van der Waals surface area contributed by atoms with Gasteiger partial charge in [-0.2, -0.15) is 0 Å². The van der Waals surface area contributed by atoms with Crippen LogP contribution in [0.15, 0.2) is 42.5 Å². The van der Waals surface area contributed by atoms with Gasteiger partial charge in [-0.25, -0.2) is 14.4 Å². The maximum absolute atomic E-state index is 13.7. The predicted octanol–water partition coefficient (Wildman–Crippen LogP) is 3.46. The van der Waals surface area contributed by atoms with Crippen LogP contribution in [-0.2, 0) is 19.7 Å². The highest BCUT2D eigenvalue weighted by molar-refractivity contribution is 5.84. The lowest BCUT2D eigenvalue weighted by molar-refractivity contribution is -0.137. The smallest absolute Gasteiger partial charge is 0.303 e. The number of ether oxygens (including phenoxy) is 1. The van der Waals surface area contributed by atoms with Gasteiger partial charge < -0.3 is 9.84 Å². The van der Waals surface area contributed by atoms with E-state index in [4.69, 9.17) is 9.72 Å². The minimum Gasteiger partial charge on any atom is -0.481 e. The minimum absolute atomic E-state index is 0.0714. The number of benzene rings is 2. The number of hydrogen-bond donors (Lipinski definition) is 1. The van der Waals surface area contributed by atoms with Crippen molar-refractivity contribution in [2.45, 2.75) is 24.7 Å². The Hall–Kier alpha value is -3.35. The minimum atomic E-state index is -0.919. The number of carboxylic acid groups (broad SMARTS) is 1. The van der Waals surface area contributed by atoms with Crippen molar-refractivity contribution in [3.8, 4) is 11.3 Å². The number of nitrogens with zero attached hydrogens (tertiary/aromatic N) is 2. The summed E-state index contributed by atoms with van der Waals surface area (Å²) in [7, 11) is 0. The molecule has 1 aliphatic carbocycles. The van der Waals surface area contributed by atoms with Gasteiger partial charge >= 0.3 is 5.97 Å². The molecule has 3 aromatic rings. The third-order valence-corrected chi connectivity index (χ3v) is 5.26. The zero-order chi connectivity index (χ0) is 19.7. The van der Waals surface area contributed by atoms with Gasteiger partial charge in [-0.1, -0.05) is 24.3 Å². The van der Waals surface area contributed by atoms with E-state index in [1.165, 1.54) is 12.1 Å². The quantitative estimate of drug-likeness (QED) is 0.499. The van der Waals surface area contributed by atoms with Crippen LogP contribution in [0.2, 0.25) is 0 Å². The predicted molar refractivity (Wildman–Crippen MR) is 99.2 cm³/mol. The fraction of sp³-hybridized carbons (Fsp3) is 0.238. The molecule has 1 heterocycles. The van der Waals surface area contributed by atoms with Crippen molar-refractivity contribution in [3.63, 3.8) is 0 Å². The first-order valence-electron chi connectivity index (χ1n) is 8.90. The molecule has 0 fully saturated rings. The first-order valence-corrected chi connectivity index (χ1v) is 8.90. The summed E-state index contributed by atoms with van der Waals surface area (Å²) >= 11 is 0. The van der Waals surface area contributed by atoms with Crippen molar-refractivity contribution in [1.82, 2.24) is 9.97 Å². The molecule has 2 aromatic carbocycles. The normalized spacial score (nSPS) is 17.2. The van der Waals surface area contributed by atoms with E-state index in [2.05, 4.69) is 4.98 Å². The van der Waals surface area contributed by atoms with Crippen LogP contribution in [0.25, 0.3) is 22.3 Å². The number of aromatic nitrogens is 2. The third kappa shape index (κ3) is 2.89. The van der Waals surface area contributed by atoms with Crippen molar-refractivity contribution in [3.05, 3.63) is 59.5 Å². The van der Waals surface area contributed by atoms with Crippen molar-refractivity contribution < 1.29 is 23.8 Å². The van der Waals surface area contributed by atoms with E-state index in [0.29, 0.717) is 35.3 Å². The van der Waals surface area contributed by atoms with Crippen molar-refractivity contribution >= 4 is 23.5 Å². The Labute approximate surface area is 160 Å². The van der Waals surface area contributed by atoms with E-state index in [-0.39, 0.29) is 19.4 Å². The van der Waals surface area contributed by atoms with E-state index in [1.807, 2.05) is 24.3 Å². The Balaban J connectivity index is 1.95. The molecule has 142 valence electrons. The molecule has 0 bridgehead atoms. The molecule has 1 unspecified atom stereocenters. The van der Waals surface area contributed by atoms with Crippen LogP contribution in [0, 0.1) is 5.82 Å². The molecular weight excluding hydrogens is 363 g/mol. The molecule has 0 radical (unpaired) electrons. The Morgan fingerprint density at radius 2 is 1.96 bits per heavy atom. The van der Waals surface area contributed by atoms with Crippen molar-refractivity contribution in [2.24, 2.45) is 0 Å². The standard InChI is InChI=1S/C21H17FN2O4/c22-13-5-6-16-17(11-13)23-19-14-3-1-2-4-15(14)21(20(19)24-16,8-7-18(26)27)9-10-28-12-25/h1-6,11-12H,7-10H2,(H,26,27). The number of carbonyl (C=O) groups excluding carboxylic acids is 1. The molecule has 0 aliphatic heterocycles. The number of aliphatic carboxylic acids is 1. The van der Waals surface area contributed by atoms with Gasteiger partial charge in [0, 0.05) is 23.5 Å². The first-order chi connectivity index (χ1) is 13.5. The van der Waals surface area contributed by atoms with Crippen LogP contribution in [0.3, 0.4) is 0 Å². The van der Waals surface area contributed by atoms with E-state index in [0.717, 1.165) is 11.1 Å². The van der Waals surface area contributed by atoms with E-state index in [9.17, 15) is 19.1 Å². The van der Waals surface area contributed by atoms with Crippen molar-refractivity contribution in [1.29, 1.82) is 0 Å². The second-order valence-corrected chi connectivity index (χ2v) is 6.79. The monoisotopic (exact) mass is 380 g/mol. The number of hydrogen-bond acceptors (Lipinski definition) is 5. The molecule has 0 spiro atoms. The average Bonchev–Trinajstić information content (AvgIpc) is 2.95. The number of rotatable bonds is 7.